The minimum Gasteiger partial charge on any atom is -0.348 e. The number of amides is 1. The van der Waals surface area contributed by atoms with Crippen molar-refractivity contribution < 1.29 is 18.0 Å². The lowest BCUT2D eigenvalue weighted by Gasteiger charge is -2.19. The Morgan fingerprint density at radius 1 is 0.926 bits per heavy atom. The smallest absolute Gasteiger partial charge is 0.251 e. The number of hydrogen-bond acceptors (Lipinski definition) is 5. The van der Waals surface area contributed by atoms with E-state index in [9.17, 15) is 18.0 Å². The van der Waals surface area contributed by atoms with Gasteiger partial charge in [0.15, 0.2) is 5.78 Å². The Morgan fingerprint density at radius 3 is 2.41 bits per heavy atom. The van der Waals surface area contributed by atoms with Gasteiger partial charge < -0.3 is 5.32 Å². The average Bonchev–Trinajstić information content (AvgIpc) is 2.71. The molecule has 1 amide bonds. The number of fused-ring (bicyclic) bond motifs is 2. The normalized spacial score (nSPS) is 14.1. The summed E-state index contributed by atoms with van der Waals surface area (Å²) in [6.45, 7) is 0.285. The van der Waals surface area contributed by atoms with Crippen LogP contribution in [0.4, 0.5) is 0 Å². The number of carbonyl (C=O) groups excluding carboxylic acids is 2. The maximum absolute atomic E-state index is 12.9. The minimum absolute atomic E-state index is 0.0307. The first-order valence-corrected chi connectivity index (χ1v) is 9.67. The second-order valence-electron chi connectivity index (χ2n) is 6.08. The van der Waals surface area contributed by atoms with Gasteiger partial charge in [-0.25, -0.2) is 8.42 Å². The van der Waals surface area contributed by atoms with Gasteiger partial charge in [0, 0.05) is 35.6 Å². The number of nitrogens with one attached hydrogen (secondary N) is 1. The van der Waals surface area contributed by atoms with Crippen molar-refractivity contribution in [1.82, 2.24) is 10.3 Å². The molecule has 0 atom stereocenters. The highest BCUT2D eigenvalue weighted by molar-refractivity contribution is 7.91. The van der Waals surface area contributed by atoms with Crippen LogP contribution in [0.5, 0.6) is 0 Å². The van der Waals surface area contributed by atoms with Gasteiger partial charge >= 0.3 is 0 Å². The van der Waals surface area contributed by atoms with E-state index in [2.05, 4.69) is 10.3 Å². The Hall–Kier alpha value is -3.32. The van der Waals surface area contributed by atoms with Crippen LogP contribution in [0.15, 0.2) is 76.8 Å². The van der Waals surface area contributed by atoms with Crippen LogP contribution in [0.2, 0.25) is 0 Å². The summed E-state index contributed by atoms with van der Waals surface area (Å²) in [6.07, 6.45) is 3.24. The van der Waals surface area contributed by atoms with Crippen molar-refractivity contribution in [2.75, 3.05) is 0 Å². The molecule has 2 aromatic carbocycles. The SMILES string of the molecule is O=C(NCc1ccncc1)c1ccc2c(c1)S(=O)(=O)c1ccccc1C2=O. The summed E-state index contributed by atoms with van der Waals surface area (Å²) < 4.78 is 25.8. The maximum Gasteiger partial charge on any atom is 0.251 e. The highest BCUT2D eigenvalue weighted by atomic mass is 32.2. The van der Waals surface area contributed by atoms with Crippen molar-refractivity contribution in [2.24, 2.45) is 0 Å². The number of aromatic nitrogens is 1. The second kappa shape index (κ2) is 6.44. The zero-order chi connectivity index (χ0) is 19.0. The van der Waals surface area contributed by atoms with Gasteiger partial charge in [0.1, 0.15) is 0 Å². The van der Waals surface area contributed by atoms with Crippen molar-refractivity contribution in [3.63, 3.8) is 0 Å². The first-order chi connectivity index (χ1) is 13.0. The molecule has 3 aromatic rings. The van der Waals surface area contributed by atoms with Crippen LogP contribution in [0.25, 0.3) is 0 Å². The molecule has 2 heterocycles. The van der Waals surface area contributed by atoms with E-state index in [1.165, 1.54) is 30.3 Å². The van der Waals surface area contributed by atoms with E-state index in [1.807, 2.05) is 0 Å². The number of sulfone groups is 1. The number of pyridine rings is 1. The molecular weight excluding hydrogens is 364 g/mol. The van der Waals surface area contributed by atoms with Crippen molar-refractivity contribution in [3.8, 4) is 0 Å². The van der Waals surface area contributed by atoms with Crippen molar-refractivity contribution in [3.05, 3.63) is 89.2 Å². The van der Waals surface area contributed by atoms with Crippen LogP contribution in [0, 0.1) is 0 Å². The predicted octanol–water partition coefficient (Wildman–Crippen LogP) is 2.39. The van der Waals surface area contributed by atoms with Crippen molar-refractivity contribution in [2.45, 2.75) is 16.3 Å². The summed E-state index contributed by atoms with van der Waals surface area (Å²) in [6, 6.07) is 13.8. The number of ketones is 1. The van der Waals surface area contributed by atoms with E-state index in [4.69, 9.17) is 0 Å². The van der Waals surface area contributed by atoms with E-state index >= 15 is 0 Å². The van der Waals surface area contributed by atoms with Gasteiger partial charge in [0.25, 0.3) is 5.91 Å². The Labute approximate surface area is 155 Å². The van der Waals surface area contributed by atoms with E-state index in [1.54, 1.807) is 36.7 Å². The van der Waals surface area contributed by atoms with Crippen molar-refractivity contribution >= 4 is 21.5 Å². The highest BCUT2D eigenvalue weighted by Gasteiger charge is 2.34. The number of carbonyl (C=O) groups is 2. The number of benzene rings is 2. The first-order valence-electron chi connectivity index (χ1n) is 8.18. The molecule has 27 heavy (non-hydrogen) atoms. The molecule has 1 aromatic heterocycles. The molecule has 0 radical (unpaired) electrons. The van der Waals surface area contributed by atoms with Crippen LogP contribution in [0.1, 0.15) is 31.8 Å². The topological polar surface area (TPSA) is 93.2 Å². The largest absolute Gasteiger partial charge is 0.348 e. The predicted molar refractivity (Wildman–Crippen MR) is 97.2 cm³/mol. The van der Waals surface area contributed by atoms with E-state index in [0.29, 0.717) is 0 Å². The molecule has 6 nitrogen and oxygen atoms in total. The molecule has 0 spiro atoms. The average molecular weight is 378 g/mol. The summed E-state index contributed by atoms with van der Waals surface area (Å²) in [5.41, 5.74) is 1.28. The lowest BCUT2D eigenvalue weighted by molar-refractivity contribution is 0.0948. The standard InChI is InChI=1S/C20H14N2O4S/c23-19-15-3-1-2-4-17(15)27(25,26)18-11-14(5-6-16(18)19)20(24)22-12-13-7-9-21-10-8-13/h1-11H,12H2,(H,22,24). The molecule has 0 fully saturated rings. The van der Waals surface area contributed by atoms with Crippen LogP contribution < -0.4 is 5.32 Å². The van der Waals surface area contributed by atoms with Crippen LogP contribution in [-0.2, 0) is 16.4 Å². The molecule has 1 aliphatic rings. The Bertz CT molecular complexity index is 1170. The molecule has 134 valence electrons. The zero-order valence-electron chi connectivity index (χ0n) is 14.0. The minimum atomic E-state index is -3.87. The molecule has 0 saturated carbocycles. The Kier molecular flexibility index (Phi) is 4.08. The fraction of sp³-hybridized carbons (Fsp3) is 0.0500. The number of hydrogen-bond donors (Lipinski definition) is 1. The first kappa shape index (κ1) is 17.1. The molecule has 0 aliphatic carbocycles. The van der Waals surface area contributed by atoms with E-state index in [-0.39, 0.29) is 38.8 Å². The van der Waals surface area contributed by atoms with Gasteiger partial charge in [0.2, 0.25) is 9.84 Å². The summed E-state index contributed by atoms with van der Waals surface area (Å²) in [7, 11) is -3.87. The molecule has 1 N–H and O–H groups in total. The van der Waals surface area contributed by atoms with Crippen LogP contribution in [-0.4, -0.2) is 25.1 Å². The third-order valence-corrected chi connectivity index (χ3v) is 6.25. The molecule has 0 bridgehead atoms. The van der Waals surface area contributed by atoms with Gasteiger partial charge in [-0.15, -0.1) is 0 Å². The van der Waals surface area contributed by atoms with Gasteiger partial charge in [-0.2, -0.15) is 0 Å². The van der Waals surface area contributed by atoms with Gasteiger partial charge in [-0.05, 0) is 48.0 Å². The quantitative estimate of drug-likeness (QED) is 0.591. The van der Waals surface area contributed by atoms with E-state index < -0.39 is 15.7 Å². The lowest BCUT2D eigenvalue weighted by Crippen LogP contribution is -2.25. The van der Waals surface area contributed by atoms with Crippen molar-refractivity contribution in [1.29, 1.82) is 0 Å². The zero-order valence-corrected chi connectivity index (χ0v) is 14.9. The summed E-state index contributed by atoms with van der Waals surface area (Å²) in [4.78, 5) is 28.8. The second-order valence-corrected chi connectivity index (χ2v) is 7.96. The number of rotatable bonds is 3. The fourth-order valence-corrected chi connectivity index (χ4v) is 4.69. The van der Waals surface area contributed by atoms with Crippen LogP contribution >= 0.6 is 0 Å². The molecular formula is C20H14N2O4S. The van der Waals surface area contributed by atoms with Gasteiger partial charge in [-0.1, -0.05) is 12.1 Å². The Balaban J connectivity index is 1.68. The summed E-state index contributed by atoms with van der Waals surface area (Å²) in [5, 5.41) is 2.73. The monoisotopic (exact) mass is 378 g/mol. The highest BCUT2D eigenvalue weighted by Crippen LogP contribution is 2.34. The third kappa shape index (κ3) is 2.92. The van der Waals surface area contributed by atoms with Gasteiger partial charge in [0.05, 0.1) is 9.79 Å². The Morgan fingerprint density at radius 2 is 1.63 bits per heavy atom. The third-order valence-electron chi connectivity index (χ3n) is 4.40. The number of nitrogens with zero attached hydrogens (tertiary/aromatic N) is 1. The summed E-state index contributed by atoms with van der Waals surface area (Å²) >= 11 is 0. The molecule has 0 saturated heterocycles. The van der Waals surface area contributed by atoms with E-state index in [0.717, 1.165) is 5.56 Å². The molecule has 0 unspecified atom stereocenters. The summed E-state index contributed by atoms with van der Waals surface area (Å²) in [5.74, 6) is -0.782. The fourth-order valence-electron chi connectivity index (χ4n) is 3.01. The van der Waals surface area contributed by atoms with Gasteiger partial charge in [-0.3, -0.25) is 14.6 Å². The molecule has 1 aliphatic heterocycles. The lowest BCUT2D eigenvalue weighted by atomic mass is 10.0. The maximum atomic E-state index is 12.9. The van der Waals surface area contributed by atoms with Crippen LogP contribution in [0.3, 0.4) is 0 Å². The molecule has 7 heteroatoms. The molecule has 4 rings (SSSR count).